The van der Waals surface area contributed by atoms with Crippen LogP contribution in [0.25, 0.3) is 0 Å². The van der Waals surface area contributed by atoms with Crippen LogP contribution >= 0.6 is 0 Å². The number of rotatable bonds is 4. The molecule has 0 N–H and O–H groups in total. The summed E-state index contributed by atoms with van der Waals surface area (Å²) in [6.45, 7) is 0. The molecule has 15 heavy (non-hydrogen) atoms. The number of hydrogen-bond acceptors (Lipinski definition) is 5. The van der Waals surface area contributed by atoms with Gasteiger partial charge in [-0.1, -0.05) is 17.2 Å². The highest BCUT2D eigenvalue weighted by Gasteiger charge is 2.11. The highest BCUT2D eigenvalue weighted by atomic mass is 17.5. The highest BCUT2D eigenvalue weighted by Crippen LogP contribution is 2.08. The van der Waals surface area contributed by atoms with Crippen LogP contribution in [0.4, 0.5) is 0 Å². The van der Waals surface area contributed by atoms with E-state index in [9.17, 15) is 0 Å². The van der Waals surface area contributed by atoms with Gasteiger partial charge in [0, 0.05) is 0 Å². The fourth-order valence-corrected chi connectivity index (χ4v) is 0.946. The molecule has 2 unspecified atom stereocenters. The molecule has 0 aromatic carbocycles. The van der Waals surface area contributed by atoms with Crippen molar-refractivity contribution in [1.29, 1.82) is 0 Å². The maximum absolute atomic E-state index is 5.00. The molecule has 0 saturated carbocycles. The van der Waals surface area contributed by atoms with Gasteiger partial charge in [0.1, 0.15) is 0 Å². The lowest BCUT2D eigenvalue weighted by molar-refractivity contribution is -0.560. The zero-order valence-corrected chi connectivity index (χ0v) is 7.81. The summed E-state index contributed by atoms with van der Waals surface area (Å²) >= 11 is 0. The first-order chi connectivity index (χ1) is 7.45. The Hall–Kier alpha value is -1.56. The summed E-state index contributed by atoms with van der Waals surface area (Å²) in [5.74, 6) is 0. The molecule has 0 radical (unpaired) electrons. The van der Waals surface area contributed by atoms with E-state index in [0.29, 0.717) is 0 Å². The topological polar surface area (TPSA) is 46.2 Å². The molecule has 2 rings (SSSR count). The van der Waals surface area contributed by atoms with Gasteiger partial charge in [-0.15, -0.1) is 0 Å². The van der Waals surface area contributed by atoms with Crippen LogP contribution in [-0.2, 0) is 24.3 Å². The first kappa shape index (κ1) is 9.97. The van der Waals surface area contributed by atoms with E-state index in [0.717, 1.165) is 0 Å². The Morgan fingerprint density at radius 1 is 0.733 bits per heavy atom. The zero-order chi connectivity index (χ0) is 10.3. The predicted molar refractivity (Wildman–Crippen MR) is 49.6 cm³/mol. The van der Waals surface area contributed by atoms with Crippen LogP contribution in [0.1, 0.15) is 0 Å². The fourth-order valence-electron chi connectivity index (χ4n) is 0.946. The minimum Gasteiger partial charge on any atom is -0.466 e. The smallest absolute Gasteiger partial charge is 0.252 e. The molecule has 2 heterocycles. The maximum Gasteiger partial charge on any atom is 0.252 e. The predicted octanol–water partition coefficient (Wildman–Crippen LogP) is 1.72. The van der Waals surface area contributed by atoms with Crippen LogP contribution < -0.4 is 0 Å². The lowest BCUT2D eigenvalue weighted by atomic mass is 10.4. The van der Waals surface area contributed by atoms with Crippen LogP contribution in [0, 0.1) is 0 Å². The number of ether oxygens (including phenoxy) is 2. The van der Waals surface area contributed by atoms with Gasteiger partial charge in [0.2, 0.25) is 0 Å². The maximum atomic E-state index is 5.00. The number of hydrogen-bond donors (Lipinski definition) is 0. The first-order valence-electron chi connectivity index (χ1n) is 4.41. The molecule has 2 atom stereocenters. The van der Waals surface area contributed by atoms with Gasteiger partial charge in [-0.3, -0.25) is 0 Å². The van der Waals surface area contributed by atoms with Crippen LogP contribution in [0.2, 0.25) is 0 Å². The van der Waals surface area contributed by atoms with Gasteiger partial charge < -0.3 is 9.47 Å². The Kier molecular flexibility index (Phi) is 3.56. The molecule has 2 aliphatic rings. The van der Waals surface area contributed by atoms with E-state index in [1.165, 1.54) is 12.5 Å². The molecule has 0 spiro atoms. The average molecular weight is 210 g/mol. The second kappa shape index (κ2) is 5.35. The summed E-state index contributed by atoms with van der Waals surface area (Å²) < 4.78 is 10.00. The van der Waals surface area contributed by atoms with Gasteiger partial charge in [-0.25, -0.2) is 0 Å². The van der Waals surface area contributed by atoms with Crippen molar-refractivity contribution in [2.45, 2.75) is 12.6 Å². The minimum absolute atomic E-state index is 0.599. The zero-order valence-electron chi connectivity index (χ0n) is 7.81. The number of allylic oxidation sites excluding steroid dienone is 4. The van der Waals surface area contributed by atoms with Gasteiger partial charge in [0.05, 0.1) is 12.5 Å². The third-order valence-corrected chi connectivity index (χ3v) is 1.61. The third kappa shape index (κ3) is 3.25. The van der Waals surface area contributed by atoms with Crippen molar-refractivity contribution >= 4 is 0 Å². The SMILES string of the molecule is C1=COC(OOOC2C=CC=CO2)C=C1. The van der Waals surface area contributed by atoms with Crippen molar-refractivity contribution < 1.29 is 24.3 Å². The van der Waals surface area contributed by atoms with E-state index in [1.807, 2.05) is 0 Å². The van der Waals surface area contributed by atoms with Crippen LogP contribution in [0.15, 0.2) is 49.0 Å². The third-order valence-electron chi connectivity index (χ3n) is 1.61. The van der Waals surface area contributed by atoms with E-state index in [-0.39, 0.29) is 0 Å². The molecule has 80 valence electrons. The molecule has 5 nitrogen and oxygen atoms in total. The Morgan fingerprint density at radius 2 is 1.27 bits per heavy atom. The minimum atomic E-state index is -0.599. The van der Waals surface area contributed by atoms with Crippen molar-refractivity contribution in [3.05, 3.63) is 49.0 Å². The normalized spacial score (nSPS) is 27.5. The average Bonchev–Trinajstić information content (AvgIpc) is 2.32. The molecule has 0 amide bonds. The molecule has 0 aromatic rings. The van der Waals surface area contributed by atoms with Crippen molar-refractivity contribution in [2.24, 2.45) is 0 Å². The lowest BCUT2D eigenvalue weighted by Gasteiger charge is -2.16. The van der Waals surface area contributed by atoms with E-state index in [1.54, 1.807) is 36.5 Å². The van der Waals surface area contributed by atoms with Gasteiger partial charge in [0.25, 0.3) is 12.6 Å². The second-order valence-corrected chi connectivity index (χ2v) is 2.70. The monoisotopic (exact) mass is 210 g/mol. The molecule has 0 bridgehead atoms. The summed E-state index contributed by atoms with van der Waals surface area (Å²) in [5.41, 5.74) is 0. The first-order valence-corrected chi connectivity index (χ1v) is 4.41. The second-order valence-electron chi connectivity index (χ2n) is 2.70. The molecule has 0 fully saturated rings. The summed E-state index contributed by atoms with van der Waals surface area (Å²) in [7, 11) is 0. The Balaban J connectivity index is 1.62. The fraction of sp³-hybridized carbons (Fsp3) is 0.200. The lowest BCUT2D eigenvalue weighted by Crippen LogP contribution is -2.18. The van der Waals surface area contributed by atoms with Gasteiger partial charge in [0.15, 0.2) is 0 Å². The molecular formula is C10H10O5. The van der Waals surface area contributed by atoms with E-state index < -0.39 is 12.6 Å². The molecule has 0 aromatic heterocycles. The van der Waals surface area contributed by atoms with Crippen molar-refractivity contribution in [3.8, 4) is 0 Å². The van der Waals surface area contributed by atoms with Gasteiger partial charge in [-0.2, -0.15) is 9.78 Å². The summed E-state index contributed by atoms with van der Waals surface area (Å²) in [4.78, 5) is 9.53. The van der Waals surface area contributed by atoms with E-state index in [4.69, 9.17) is 19.2 Å². The van der Waals surface area contributed by atoms with E-state index >= 15 is 0 Å². The van der Waals surface area contributed by atoms with Gasteiger partial charge >= 0.3 is 0 Å². The molecule has 2 aliphatic heterocycles. The van der Waals surface area contributed by atoms with Gasteiger partial charge in [-0.05, 0) is 24.3 Å². The Morgan fingerprint density at radius 3 is 1.67 bits per heavy atom. The summed E-state index contributed by atoms with van der Waals surface area (Å²) in [5, 5.41) is 4.49. The van der Waals surface area contributed by atoms with Crippen LogP contribution in [0.5, 0.6) is 0 Å². The Labute approximate surface area is 86.7 Å². The summed E-state index contributed by atoms with van der Waals surface area (Å²) in [6, 6.07) is 0. The van der Waals surface area contributed by atoms with Crippen molar-refractivity contribution in [3.63, 3.8) is 0 Å². The standard InChI is InChI=1S/C10H10O5/c1-3-7-11-9(5-1)13-15-14-10-6-2-4-8-12-10/h1-10H. The molecule has 5 heteroatoms. The Bertz CT molecular complexity index is 275. The van der Waals surface area contributed by atoms with Crippen LogP contribution in [0.3, 0.4) is 0 Å². The summed E-state index contributed by atoms with van der Waals surface area (Å²) in [6.07, 6.45) is 12.1. The largest absolute Gasteiger partial charge is 0.466 e. The molecule has 0 saturated heterocycles. The molecular weight excluding hydrogens is 200 g/mol. The van der Waals surface area contributed by atoms with Crippen molar-refractivity contribution in [2.75, 3.05) is 0 Å². The van der Waals surface area contributed by atoms with E-state index in [2.05, 4.69) is 5.04 Å². The quantitative estimate of drug-likeness (QED) is 0.522. The van der Waals surface area contributed by atoms with Crippen LogP contribution in [-0.4, -0.2) is 12.6 Å². The highest BCUT2D eigenvalue weighted by molar-refractivity contribution is 5.05. The molecule has 0 aliphatic carbocycles. The van der Waals surface area contributed by atoms with Crippen molar-refractivity contribution in [1.82, 2.24) is 0 Å².